The zero-order valence-electron chi connectivity index (χ0n) is 11.7. The Morgan fingerprint density at radius 3 is 3.05 bits per heavy atom. The van der Waals surface area contributed by atoms with Gasteiger partial charge in [0.1, 0.15) is 0 Å². The zero-order valence-corrected chi connectivity index (χ0v) is 12.5. The number of thiazole rings is 1. The molecule has 1 aliphatic heterocycles. The van der Waals surface area contributed by atoms with Crippen molar-refractivity contribution < 1.29 is 4.79 Å². The number of piperidine rings is 1. The first kappa shape index (κ1) is 14.0. The minimum absolute atomic E-state index is 0.296. The van der Waals surface area contributed by atoms with E-state index in [0.717, 1.165) is 30.7 Å². The summed E-state index contributed by atoms with van der Waals surface area (Å²) in [5.74, 6) is 5.72. The van der Waals surface area contributed by atoms with Crippen LogP contribution in [0.1, 0.15) is 54.0 Å². The van der Waals surface area contributed by atoms with E-state index in [1.165, 1.54) is 49.9 Å². The lowest BCUT2D eigenvalue weighted by molar-refractivity contribution is 0.0538. The molecule has 1 aromatic heterocycles. The molecule has 1 amide bonds. The van der Waals surface area contributed by atoms with Crippen molar-refractivity contribution in [2.45, 2.75) is 51.1 Å². The molecule has 2 fully saturated rings. The number of aromatic nitrogens is 1. The second-order valence-corrected chi connectivity index (χ2v) is 6.70. The number of carbonyl (C=O) groups is 1. The van der Waals surface area contributed by atoms with Crippen LogP contribution in [0.5, 0.6) is 0 Å². The van der Waals surface area contributed by atoms with Gasteiger partial charge in [-0.05, 0) is 38.1 Å². The number of fused-ring (bicyclic) bond motifs is 1. The normalized spacial score (nSPS) is 27.1. The summed E-state index contributed by atoms with van der Waals surface area (Å²) in [6.07, 6.45) is 8.15. The standard InChI is InChI=1S/C14H22N4OS/c15-17-13(19)14-16-11(9-20-14)8-18-7-3-5-10-4-1-2-6-12(10)18/h9-10,12H,1-8,15H2,(H,17,19)/t10-,12-/m1/s1. The Morgan fingerprint density at radius 2 is 2.20 bits per heavy atom. The Balaban J connectivity index is 1.67. The largest absolute Gasteiger partial charge is 0.294 e. The fourth-order valence-corrected chi connectivity index (χ4v) is 4.39. The summed E-state index contributed by atoms with van der Waals surface area (Å²) in [6.45, 7) is 2.03. The molecule has 1 aromatic rings. The molecule has 3 rings (SSSR count). The van der Waals surface area contributed by atoms with Crippen molar-refractivity contribution >= 4 is 17.2 Å². The maximum atomic E-state index is 11.4. The molecule has 3 N–H and O–H groups in total. The molecule has 0 spiro atoms. The lowest BCUT2D eigenvalue weighted by Gasteiger charge is -2.43. The number of nitrogen functional groups attached to an aromatic ring is 1. The van der Waals surface area contributed by atoms with E-state index in [4.69, 9.17) is 5.84 Å². The van der Waals surface area contributed by atoms with Crippen LogP contribution in [-0.4, -0.2) is 28.4 Å². The van der Waals surface area contributed by atoms with Gasteiger partial charge in [0.2, 0.25) is 0 Å². The number of likely N-dealkylation sites (tertiary alicyclic amines) is 1. The van der Waals surface area contributed by atoms with Crippen LogP contribution in [0, 0.1) is 5.92 Å². The van der Waals surface area contributed by atoms with Crippen molar-refractivity contribution in [1.82, 2.24) is 15.3 Å². The van der Waals surface area contributed by atoms with E-state index in [0.29, 0.717) is 5.01 Å². The lowest BCUT2D eigenvalue weighted by Crippen LogP contribution is -2.46. The fraction of sp³-hybridized carbons (Fsp3) is 0.714. The average molecular weight is 294 g/mol. The summed E-state index contributed by atoms with van der Waals surface area (Å²) in [5, 5.41) is 2.44. The van der Waals surface area contributed by atoms with Gasteiger partial charge in [0.25, 0.3) is 5.91 Å². The highest BCUT2D eigenvalue weighted by molar-refractivity contribution is 7.11. The van der Waals surface area contributed by atoms with Gasteiger partial charge in [0, 0.05) is 18.0 Å². The number of nitrogens with one attached hydrogen (secondary N) is 1. The van der Waals surface area contributed by atoms with Gasteiger partial charge in [-0.1, -0.05) is 12.8 Å². The summed E-state index contributed by atoms with van der Waals surface area (Å²) < 4.78 is 0. The van der Waals surface area contributed by atoms with Crippen molar-refractivity contribution in [3.63, 3.8) is 0 Å². The van der Waals surface area contributed by atoms with E-state index in [1.54, 1.807) is 0 Å². The third kappa shape index (κ3) is 2.87. The van der Waals surface area contributed by atoms with E-state index >= 15 is 0 Å². The molecule has 110 valence electrons. The molecular weight excluding hydrogens is 272 g/mol. The van der Waals surface area contributed by atoms with Crippen molar-refractivity contribution in [2.24, 2.45) is 11.8 Å². The summed E-state index contributed by atoms with van der Waals surface area (Å²) in [4.78, 5) is 18.4. The number of carbonyl (C=O) groups excluding carboxylic acids is 1. The van der Waals surface area contributed by atoms with Crippen LogP contribution >= 0.6 is 11.3 Å². The van der Waals surface area contributed by atoms with Crippen molar-refractivity contribution in [1.29, 1.82) is 0 Å². The van der Waals surface area contributed by atoms with Crippen LogP contribution in [-0.2, 0) is 6.54 Å². The molecule has 2 aliphatic rings. The maximum Gasteiger partial charge on any atom is 0.294 e. The highest BCUT2D eigenvalue weighted by Crippen LogP contribution is 2.35. The third-order valence-corrected chi connectivity index (χ3v) is 5.49. The molecule has 5 nitrogen and oxygen atoms in total. The molecule has 1 saturated carbocycles. The molecule has 1 saturated heterocycles. The van der Waals surface area contributed by atoms with Crippen LogP contribution in [0.15, 0.2) is 5.38 Å². The van der Waals surface area contributed by atoms with E-state index in [1.807, 2.05) is 5.38 Å². The Labute approximate surface area is 123 Å². The number of rotatable bonds is 3. The minimum Gasteiger partial charge on any atom is -0.294 e. The zero-order chi connectivity index (χ0) is 13.9. The number of nitrogens with zero attached hydrogens (tertiary/aromatic N) is 2. The quantitative estimate of drug-likeness (QED) is 0.507. The van der Waals surface area contributed by atoms with Crippen LogP contribution in [0.2, 0.25) is 0 Å². The van der Waals surface area contributed by atoms with Gasteiger partial charge < -0.3 is 0 Å². The van der Waals surface area contributed by atoms with Crippen molar-refractivity contribution in [2.75, 3.05) is 6.54 Å². The molecule has 20 heavy (non-hydrogen) atoms. The molecule has 0 bridgehead atoms. The second-order valence-electron chi connectivity index (χ2n) is 5.84. The van der Waals surface area contributed by atoms with Crippen molar-refractivity contribution in [3.05, 3.63) is 16.1 Å². The van der Waals surface area contributed by atoms with E-state index < -0.39 is 0 Å². The fourth-order valence-electron chi connectivity index (χ4n) is 3.68. The maximum absolute atomic E-state index is 11.4. The Kier molecular flexibility index (Phi) is 4.33. The highest BCUT2D eigenvalue weighted by atomic mass is 32.1. The molecule has 6 heteroatoms. The van der Waals surface area contributed by atoms with E-state index in [2.05, 4.69) is 15.3 Å². The van der Waals surface area contributed by atoms with Gasteiger partial charge in [0.15, 0.2) is 5.01 Å². The smallest absolute Gasteiger partial charge is 0.294 e. The average Bonchev–Trinajstić information content (AvgIpc) is 2.95. The predicted octanol–water partition coefficient (Wildman–Crippen LogP) is 1.90. The topological polar surface area (TPSA) is 71.2 Å². The SMILES string of the molecule is NNC(=O)c1nc(CN2CCC[C@H]3CCCC[C@H]32)cs1. The first-order valence-electron chi connectivity index (χ1n) is 7.47. The molecule has 0 aromatic carbocycles. The molecule has 1 aliphatic carbocycles. The molecular formula is C14H22N4OS. The minimum atomic E-state index is -0.296. The molecule has 2 atom stereocenters. The van der Waals surface area contributed by atoms with Gasteiger partial charge in [-0.25, -0.2) is 10.8 Å². The second kappa shape index (κ2) is 6.20. The summed E-state index contributed by atoms with van der Waals surface area (Å²) in [7, 11) is 0. The number of hydrazine groups is 1. The third-order valence-electron chi connectivity index (χ3n) is 4.60. The Hall–Kier alpha value is -0.980. The summed E-state index contributed by atoms with van der Waals surface area (Å²) in [6, 6.07) is 0.728. The molecule has 0 unspecified atom stereocenters. The van der Waals surface area contributed by atoms with Gasteiger partial charge in [-0.3, -0.25) is 15.1 Å². The monoisotopic (exact) mass is 294 g/mol. The molecule has 0 radical (unpaired) electrons. The van der Waals surface area contributed by atoms with E-state index in [-0.39, 0.29) is 5.91 Å². The summed E-state index contributed by atoms with van der Waals surface area (Å²) in [5.41, 5.74) is 3.14. The number of hydrogen-bond donors (Lipinski definition) is 2. The van der Waals surface area contributed by atoms with Crippen LogP contribution in [0.25, 0.3) is 0 Å². The molecule has 2 heterocycles. The number of amides is 1. The first-order chi connectivity index (χ1) is 9.78. The summed E-state index contributed by atoms with van der Waals surface area (Å²) >= 11 is 1.37. The predicted molar refractivity (Wildman–Crippen MR) is 79.2 cm³/mol. The highest BCUT2D eigenvalue weighted by Gasteiger charge is 2.33. The van der Waals surface area contributed by atoms with Gasteiger partial charge in [-0.2, -0.15) is 0 Å². The number of hydrogen-bond acceptors (Lipinski definition) is 5. The van der Waals surface area contributed by atoms with Gasteiger partial charge in [0.05, 0.1) is 5.69 Å². The Morgan fingerprint density at radius 1 is 1.40 bits per heavy atom. The van der Waals surface area contributed by atoms with Crippen molar-refractivity contribution in [3.8, 4) is 0 Å². The van der Waals surface area contributed by atoms with Crippen LogP contribution in [0.3, 0.4) is 0 Å². The lowest BCUT2D eigenvalue weighted by atomic mass is 9.78. The van der Waals surface area contributed by atoms with Gasteiger partial charge in [-0.15, -0.1) is 11.3 Å². The Bertz CT molecular complexity index is 473. The van der Waals surface area contributed by atoms with Crippen LogP contribution < -0.4 is 11.3 Å². The van der Waals surface area contributed by atoms with Crippen LogP contribution in [0.4, 0.5) is 0 Å². The first-order valence-corrected chi connectivity index (χ1v) is 8.35. The van der Waals surface area contributed by atoms with Gasteiger partial charge >= 0.3 is 0 Å². The van der Waals surface area contributed by atoms with E-state index in [9.17, 15) is 4.79 Å². The number of nitrogens with two attached hydrogens (primary N) is 1.